The number of carbonyl (C=O) groups is 1. The van der Waals surface area contributed by atoms with E-state index in [-0.39, 0.29) is 6.03 Å². The van der Waals surface area contributed by atoms with E-state index in [1.54, 1.807) is 36.2 Å². The number of ether oxygens (including phenoxy) is 1. The monoisotopic (exact) mass is 398 g/mol. The summed E-state index contributed by atoms with van der Waals surface area (Å²) < 4.78 is 7.47. The number of aryl methyl sites for hydroxylation is 1. The average molecular weight is 399 g/mol. The smallest absolute Gasteiger partial charge is 0.321 e. The highest BCUT2D eigenvalue weighted by Crippen LogP contribution is 2.23. The molecule has 1 N–H and O–H groups in total. The number of carbonyl (C=O) groups excluding carboxylic acids is 1. The largest absolute Gasteiger partial charge is 0.492 e. The standard InChI is InChI=1S/C21H23ClN4O2/c1-15-20(16(2)26(24-15)18-7-5-4-6-8-18)23-21(27)25(3)13-14-28-19-11-9-17(22)10-12-19/h4-12H,13-14H2,1-3H3,(H,23,27). The van der Waals surface area contributed by atoms with Gasteiger partial charge in [0.1, 0.15) is 12.4 Å². The minimum absolute atomic E-state index is 0.210. The molecule has 0 saturated heterocycles. The van der Waals surface area contributed by atoms with Gasteiger partial charge in [-0.3, -0.25) is 0 Å². The van der Waals surface area contributed by atoms with E-state index in [9.17, 15) is 4.79 Å². The summed E-state index contributed by atoms with van der Waals surface area (Å²) in [5.74, 6) is 0.717. The van der Waals surface area contributed by atoms with Gasteiger partial charge in [0, 0.05) is 12.1 Å². The Kier molecular flexibility index (Phi) is 6.21. The Morgan fingerprint density at radius 1 is 1.14 bits per heavy atom. The van der Waals surface area contributed by atoms with E-state index < -0.39 is 0 Å². The van der Waals surface area contributed by atoms with Crippen LogP contribution in [0, 0.1) is 13.8 Å². The van der Waals surface area contributed by atoms with Crippen LogP contribution in [0.25, 0.3) is 5.69 Å². The normalized spacial score (nSPS) is 10.6. The predicted molar refractivity (Wildman–Crippen MR) is 112 cm³/mol. The van der Waals surface area contributed by atoms with Crippen LogP contribution < -0.4 is 10.1 Å². The summed E-state index contributed by atoms with van der Waals surface area (Å²) in [6.45, 7) is 4.64. The SMILES string of the molecule is Cc1nn(-c2ccccc2)c(C)c1NC(=O)N(C)CCOc1ccc(Cl)cc1. The van der Waals surface area contributed by atoms with Gasteiger partial charge in [-0.25, -0.2) is 9.48 Å². The number of anilines is 1. The maximum Gasteiger partial charge on any atom is 0.321 e. The van der Waals surface area contributed by atoms with Crippen molar-refractivity contribution >= 4 is 23.3 Å². The van der Waals surface area contributed by atoms with Gasteiger partial charge in [-0.15, -0.1) is 0 Å². The van der Waals surface area contributed by atoms with Gasteiger partial charge in [-0.2, -0.15) is 5.10 Å². The van der Waals surface area contributed by atoms with Crippen molar-refractivity contribution in [3.05, 3.63) is 71.0 Å². The van der Waals surface area contributed by atoms with E-state index in [4.69, 9.17) is 16.3 Å². The quantitative estimate of drug-likeness (QED) is 0.655. The molecule has 0 fully saturated rings. The summed E-state index contributed by atoms with van der Waals surface area (Å²) in [7, 11) is 1.73. The van der Waals surface area contributed by atoms with Crippen molar-refractivity contribution in [2.45, 2.75) is 13.8 Å². The third-order valence-electron chi connectivity index (χ3n) is 4.38. The summed E-state index contributed by atoms with van der Waals surface area (Å²) in [5.41, 5.74) is 3.32. The molecule has 0 radical (unpaired) electrons. The lowest BCUT2D eigenvalue weighted by molar-refractivity contribution is 0.207. The Bertz CT molecular complexity index is 939. The van der Waals surface area contributed by atoms with Gasteiger partial charge in [0.2, 0.25) is 0 Å². The van der Waals surface area contributed by atoms with Crippen molar-refractivity contribution in [1.82, 2.24) is 14.7 Å². The number of rotatable bonds is 6. The average Bonchev–Trinajstić information content (AvgIpc) is 2.98. The maximum absolute atomic E-state index is 12.6. The van der Waals surface area contributed by atoms with Gasteiger partial charge in [-0.05, 0) is 50.2 Å². The molecule has 3 aromatic rings. The summed E-state index contributed by atoms with van der Waals surface area (Å²) in [5, 5.41) is 8.16. The molecule has 0 bridgehead atoms. The Labute approximate surface area is 169 Å². The van der Waals surface area contributed by atoms with Crippen molar-refractivity contribution in [3.8, 4) is 11.4 Å². The molecule has 2 amide bonds. The Morgan fingerprint density at radius 3 is 2.50 bits per heavy atom. The fourth-order valence-corrected chi connectivity index (χ4v) is 2.91. The zero-order valence-corrected chi connectivity index (χ0v) is 16.9. The summed E-state index contributed by atoms with van der Waals surface area (Å²) in [6.07, 6.45) is 0. The molecule has 0 aliphatic rings. The first-order valence-corrected chi connectivity index (χ1v) is 9.35. The molecule has 1 heterocycles. The first-order chi connectivity index (χ1) is 13.5. The van der Waals surface area contributed by atoms with Crippen molar-refractivity contribution in [1.29, 1.82) is 0 Å². The number of nitrogens with zero attached hydrogens (tertiary/aromatic N) is 3. The number of amides is 2. The third kappa shape index (κ3) is 4.64. The zero-order valence-electron chi connectivity index (χ0n) is 16.1. The van der Waals surface area contributed by atoms with E-state index in [1.807, 2.05) is 48.9 Å². The van der Waals surface area contributed by atoms with E-state index in [1.165, 1.54) is 0 Å². The molecule has 0 atom stereocenters. The topological polar surface area (TPSA) is 59.4 Å². The summed E-state index contributed by atoms with van der Waals surface area (Å²) >= 11 is 5.86. The zero-order chi connectivity index (χ0) is 20.1. The lowest BCUT2D eigenvalue weighted by atomic mass is 10.3. The molecular weight excluding hydrogens is 376 g/mol. The van der Waals surface area contributed by atoms with Crippen LogP contribution in [0.5, 0.6) is 5.75 Å². The first kappa shape index (κ1) is 19.8. The molecule has 0 aliphatic heterocycles. The highest BCUT2D eigenvalue weighted by Gasteiger charge is 2.17. The summed E-state index contributed by atoms with van der Waals surface area (Å²) in [6, 6.07) is 16.7. The first-order valence-electron chi connectivity index (χ1n) is 8.98. The van der Waals surface area contributed by atoms with Crippen molar-refractivity contribution in [3.63, 3.8) is 0 Å². The highest BCUT2D eigenvalue weighted by atomic mass is 35.5. The number of benzene rings is 2. The molecular formula is C21H23ClN4O2. The van der Waals surface area contributed by atoms with Gasteiger partial charge in [0.15, 0.2) is 0 Å². The molecule has 2 aromatic carbocycles. The van der Waals surface area contributed by atoms with E-state index in [0.717, 1.165) is 22.8 Å². The number of likely N-dealkylation sites (N-methyl/N-ethyl adjacent to an activating group) is 1. The second kappa shape index (κ2) is 8.80. The molecule has 0 saturated carbocycles. The van der Waals surface area contributed by atoms with Crippen LogP contribution in [-0.4, -0.2) is 40.9 Å². The molecule has 0 aliphatic carbocycles. The van der Waals surface area contributed by atoms with Crippen LogP contribution >= 0.6 is 11.6 Å². The molecule has 3 rings (SSSR count). The number of halogens is 1. The molecule has 0 unspecified atom stereocenters. The van der Waals surface area contributed by atoms with E-state index in [2.05, 4.69) is 10.4 Å². The Hall–Kier alpha value is -2.99. The van der Waals surface area contributed by atoms with Gasteiger partial charge < -0.3 is 15.0 Å². The van der Waals surface area contributed by atoms with E-state index in [0.29, 0.717) is 23.9 Å². The molecule has 7 heteroatoms. The van der Waals surface area contributed by atoms with Crippen molar-refractivity contribution in [2.75, 3.05) is 25.5 Å². The van der Waals surface area contributed by atoms with Crippen LogP contribution in [0.3, 0.4) is 0 Å². The van der Waals surface area contributed by atoms with Crippen LogP contribution in [0.1, 0.15) is 11.4 Å². The third-order valence-corrected chi connectivity index (χ3v) is 4.63. The minimum atomic E-state index is -0.210. The van der Waals surface area contributed by atoms with Crippen molar-refractivity contribution in [2.24, 2.45) is 0 Å². The number of nitrogens with one attached hydrogen (secondary N) is 1. The maximum atomic E-state index is 12.6. The number of aromatic nitrogens is 2. The molecule has 0 spiro atoms. The number of hydrogen-bond donors (Lipinski definition) is 1. The number of para-hydroxylation sites is 1. The molecule has 6 nitrogen and oxygen atoms in total. The predicted octanol–water partition coefficient (Wildman–Crippen LogP) is 4.69. The van der Waals surface area contributed by atoms with Gasteiger partial charge in [0.05, 0.1) is 29.3 Å². The molecule has 146 valence electrons. The molecule has 28 heavy (non-hydrogen) atoms. The second-order valence-electron chi connectivity index (χ2n) is 6.45. The number of hydrogen-bond acceptors (Lipinski definition) is 3. The van der Waals surface area contributed by atoms with Crippen LogP contribution in [-0.2, 0) is 0 Å². The van der Waals surface area contributed by atoms with Crippen molar-refractivity contribution < 1.29 is 9.53 Å². The second-order valence-corrected chi connectivity index (χ2v) is 6.88. The lowest BCUT2D eigenvalue weighted by Gasteiger charge is -2.18. The number of urea groups is 1. The minimum Gasteiger partial charge on any atom is -0.492 e. The van der Waals surface area contributed by atoms with Gasteiger partial charge >= 0.3 is 6.03 Å². The highest BCUT2D eigenvalue weighted by molar-refractivity contribution is 6.30. The Morgan fingerprint density at radius 2 is 1.82 bits per heavy atom. The fraction of sp³-hybridized carbons (Fsp3) is 0.238. The van der Waals surface area contributed by atoms with Gasteiger partial charge in [-0.1, -0.05) is 29.8 Å². The summed E-state index contributed by atoms with van der Waals surface area (Å²) in [4.78, 5) is 14.1. The lowest BCUT2D eigenvalue weighted by Crippen LogP contribution is -2.34. The fourth-order valence-electron chi connectivity index (χ4n) is 2.78. The van der Waals surface area contributed by atoms with Crippen LogP contribution in [0.2, 0.25) is 5.02 Å². The van der Waals surface area contributed by atoms with Crippen LogP contribution in [0.4, 0.5) is 10.5 Å². The Balaban J connectivity index is 1.59. The van der Waals surface area contributed by atoms with Crippen LogP contribution in [0.15, 0.2) is 54.6 Å². The van der Waals surface area contributed by atoms with E-state index >= 15 is 0 Å². The molecule has 1 aromatic heterocycles. The van der Waals surface area contributed by atoms with Gasteiger partial charge in [0.25, 0.3) is 0 Å².